The molecule has 1 aliphatic heterocycles. The quantitative estimate of drug-likeness (QED) is 0.731. The smallest absolute Gasteiger partial charge is 0.0379 e. The molecule has 0 saturated carbocycles. The van der Waals surface area contributed by atoms with Crippen LogP contribution >= 0.6 is 15.9 Å². The van der Waals surface area contributed by atoms with Crippen molar-refractivity contribution < 1.29 is 0 Å². The fourth-order valence-corrected chi connectivity index (χ4v) is 2.24. The lowest BCUT2D eigenvalue weighted by Crippen LogP contribution is -2.28. The molecular weight excluding hydrogens is 226 g/mol. The number of rotatable bonds is 0. The first-order chi connectivity index (χ1) is 6.09. The average Bonchev–Trinajstić information content (AvgIpc) is 2.06. The lowest BCUT2D eigenvalue weighted by atomic mass is 9.78. The van der Waals surface area contributed by atoms with E-state index in [-0.39, 0.29) is 0 Å². The minimum Gasteiger partial charge on any atom is -0.385 e. The highest BCUT2D eigenvalue weighted by Crippen LogP contribution is 2.37. The Bertz CT molecular complexity index is 331. The van der Waals surface area contributed by atoms with Crippen LogP contribution in [0.15, 0.2) is 22.7 Å². The topological polar surface area (TPSA) is 12.0 Å². The minimum absolute atomic E-state index is 0.310. The lowest BCUT2D eigenvalue weighted by Gasteiger charge is -2.33. The second-order valence-electron chi connectivity index (χ2n) is 4.25. The zero-order valence-electron chi connectivity index (χ0n) is 8.02. The van der Waals surface area contributed by atoms with Gasteiger partial charge in [0.15, 0.2) is 0 Å². The van der Waals surface area contributed by atoms with Crippen LogP contribution in [0.25, 0.3) is 0 Å². The maximum Gasteiger partial charge on any atom is 0.0379 e. The summed E-state index contributed by atoms with van der Waals surface area (Å²) in [7, 11) is 0. The monoisotopic (exact) mass is 239 g/mol. The first-order valence-electron chi connectivity index (χ1n) is 4.63. The van der Waals surface area contributed by atoms with Crippen molar-refractivity contribution in [2.75, 3.05) is 11.9 Å². The van der Waals surface area contributed by atoms with Gasteiger partial charge in [-0.15, -0.1) is 0 Å². The van der Waals surface area contributed by atoms with Gasteiger partial charge in [-0.2, -0.15) is 0 Å². The number of fused-ring (bicyclic) bond motifs is 1. The van der Waals surface area contributed by atoms with Crippen LogP contribution in [0, 0.1) is 0 Å². The standard InChI is InChI=1S/C11H14BrN/c1-11(2)5-6-13-10-4-3-8(12)7-9(10)11/h3-4,7,13H,5-6H2,1-2H3. The van der Waals surface area contributed by atoms with Gasteiger partial charge in [0.2, 0.25) is 0 Å². The Hall–Kier alpha value is -0.500. The van der Waals surface area contributed by atoms with E-state index >= 15 is 0 Å². The fraction of sp³-hybridized carbons (Fsp3) is 0.455. The van der Waals surface area contributed by atoms with E-state index in [1.807, 2.05) is 0 Å². The van der Waals surface area contributed by atoms with Crippen LogP contribution in [0.1, 0.15) is 25.8 Å². The molecule has 2 rings (SSSR count). The highest BCUT2D eigenvalue weighted by molar-refractivity contribution is 9.10. The Balaban J connectivity index is 2.55. The summed E-state index contributed by atoms with van der Waals surface area (Å²) < 4.78 is 1.17. The predicted molar refractivity (Wildman–Crippen MR) is 60.3 cm³/mol. The summed E-state index contributed by atoms with van der Waals surface area (Å²) in [4.78, 5) is 0. The van der Waals surface area contributed by atoms with E-state index in [2.05, 4.69) is 53.3 Å². The van der Waals surface area contributed by atoms with E-state index in [1.165, 1.54) is 22.1 Å². The highest BCUT2D eigenvalue weighted by Gasteiger charge is 2.26. The van der Waals surface area contributed by atoms with Crippen LogP contribution in [-0.4, -0.2) is 6.54 Å². The summed E-state index contributed by atoms with van der Waals surface area (Å²) in [5.74, 6) is 0. The molecule has 2 heteroatoms. The van der Waals surface area contributed by atoms with Crippen molar-refractivity contribution in [3.8, 4) is 0 Å². The van der Waals surface area contributed by atoms with Gasteiger partial charge in [0.1, 0.15) is 0 Å². The molecule has 0 saturated heterocycles. The molecule has 0 amide bonds. The molecule has 0 atom stereocenters. The Kier molecular flexibility index (Phi) is 2.11. The number of anilines is 1. The normalized spacial score (nSPS) is 19.0. The largest absolute Gasteiger partial charge is 0.385 e. The molecule has 70 valence electrons. The van der Waals surface area contributed by atoms with Gasteiger partial charge in [-0.05, 0) is 35.6 Å². The average molecular weight is 240 g/mol. The van der Waals surface area contributed by atoms with Crippen molar-refractivity contribution in [2.24, 2.45) is 0 Å². The SMILES string of the molecule is CC1(C)CCNc2ccc(Br)cc21. The van der Waals surface area contributed by atoms with E-state index in [4.69, 9.17) is 0 Å². The number of hydrogen-bond donors (Lipinski definition) is 1. The van der Waals surface area contributed by atoms with Gasteiger partial charge in [0.25, 0.3) is 0 Å². The third kappa shape index (κ3) is 1.60. The molecule has 1 nitrogen and oxygen atoms in total. The van der Waals surface area contributed by atoms with Crippen LogP contribution in [0.2, 0.25) is 0 Å². The summed E-state index contributed by atoms with van der Waals surface area (Å²) in [6, 6.07) is 6.47. The van der Waals surface area contributed by atoms with E-state index < -0.39 is 0 Å². The summed E-state index contributed by atoms with van der Waals surface area (Å²) in [5, 5.41) is 3.42. The van der Waals surface area contributed by atoms with Crippen molar-refractivity contribution in [1.29, 1.82) is 0 Å². The van der Waals surface area contributed by atoms with Crippen molar-refractivity contribution in [3.63, 3.8) is 0 Å². The third-order valence-corrected chi connectivity index (χ3v) is 3.27. The molecule has 0 fully saturated rings. The van der Waals surface area contributed by atoms with Gasteiger partial charge in [0, 0.05) is 16.7 Å². The van der Waals surface area contributed by atoms with Crippen LogP contribution in [0.4, 0.5) is 5.69 Å². The second-order valence-corrected chi connectivity index (χ2v) is 5.17. The molecule has 1 aliphatic rings. The molecule has 0 spiro atoms. The summed E-state index contributed by atoms with van der Waals surface area (Å²) >= 11 is 3.51. The maximum atomic E-state index is 3.51. The van der Waals surface area contributed by atoms with Gasteiger partial charge in [-0.1, -0.05) is 29.8 Å². The van der Waals surface area contributed by atoms with E-state index in [9.17, 15) is 0 Å². The first kappa shape index (κ1) is 9.07. The van der Waals surface area contributed by atoms with Crippen LogP contribution in [0.3, 0.4) is 0 Å². The van der Waals surface area contributed by atoms with Crippen LogP contribution < -0.4 is 5.32 Å². The Labute approximate surface area is 87.7 Å². The number of halogens is 1. The molecule has 1 aromatic rings. The van der Waals surface area contributed by atoms with Crippen molar-refractivity contribution in [1.82, 2.24) is 0 Å². The van der Waals surface area contributed by atoms with E-state index in [1.54, 1.807) is 0 Å². The summed E-state index contributed by atoms with van der Waals surface area (Å²) in [6.45, 7) is 5.69. The van der Waals surface area contributed by atoms with Crippen molar-refractivity contribution >= 4 is 21.6 Å². The number of benzene rings is 1. The molecule has 13 heavy (non-hydrogen) atoms. The second kappa shape index (κ2) is 3.02. The number of hydrogen-bond acceptors (Lipinski definition) is 1. The first-order valence-corrected chi connectivity index (χ1v) is 5.43. The van der Waals surface area contributed by atoms with Crippen molar-refractivity contribution in [2.45, 2.75) is 25.7 Å². The highest BCUT2D eigenvalue weighted by atomic mass is 79.9. The molecule has 1 heterocycles. The lowest BCUT2D eigenvalue weighted by molar-refractivity contribution is 0.482. The van der Waals surface area contributed by atoms with Crippen LogP contribution in [0.5, 0.6) is 0 Å². The number of nitrogens with one attached hydrogen (secondary N) is 1. The Morgan fingerprint density at radius 2 is 2.15 bits per heavy atom. The Morgan fingerprint density at radius 3 is 2.92 bits per heavy atom. The van der Waals surface area contributed by atoms with E-state index in [0.29, 0.717) is 5.41 Å². The van der Waals surface area contributed by atoms with Gasteiger partial charge in [0.05, 0.1) is 0 Å². The zero-order chi connectivity index (χ0) is 9.47. The van der Waals surface area contributed by atoms with Crippen molar-refractivity contribution in [3.05, 3.63) is 28.2 Å². The predicted octanol–water partition coefficient (Wildman–Crippen LogP) is 3.54. The summed E-state index contributed by atoms with van der Waals surface area (Å²) in [5.41, 5.74) is 3.03. The zero-order valence-corrected chi connectivity index (χ0v) is 9.61. The Morgan fingerprint density at radius 1 is 1.38 bits per heavy atom. The van der Waals surface area contributed by atoms with Gasteiger partial charge in [-0.3, -0.25) is 0 Å². The van der Waals surface area contributed by atoms with Crippen LogP contribution in [-0.2, 0) is 5.41 Å². The van der Waals surface area contributed by atoms with Gasteiger partial charge < -0.3 is 5.32 Å². The fourth-order valence-electron chi connectivity index (χ4n) is 1.87. The molecule has 0 unspecified atom stereocenters. The van der Waals surface area contributed by atoms with E-state index in [0.717, 1.165) is 6.54 Å². The molecule has 0 aromatic heterocycles. The molecule has 0 radical (unpaired) electrons. The molecule has 0 aliphatic carbocycles. The molecule has 1 N–H and O–H groups in total. The van der Waals surface area contributed by atoms with Gasteiger partial charge >= 0.3 is 0 Å². The maximum absolute atomic E-state index is 3.51. The molecular formula is C11H14BrN. The minimum atomic E-state index is 0.310. The summed E-state index contributed by atoms with van der Waals surface area (Å²) in [6.07, 6.45) is 1.20. The molecule has 1 aromatic carbocycles. The van der Waals surface area contributed by atoms with Gasteiger partial charge in [-0.25, -0.2) is 0 Å². The third-order valence-electron chi connectivity index (χ3n) is 2.78. The molecule has 0 bridgehead atoms.